The number of hydrogen-bond acceptors (Lipinski definition) is 10. The summed E-state index contributed by atoms with van der Waals surface area (Å²) in [6.07, 6.45) is 1.31. The van der Waals surface area contributed by atoms with Crippen LogP contribution in [0.2, 0.25) is 0 Å². The Labute approximate surface area is 259 Å². The second-order valence-corrected chi connectivity index (χ2v) is 11.0. The number of anilines is 5. The molecule has 0 radical (unpaired) electrons. The van der Waals surface area contributed by atoms with Crippen LogP contribution in [0.25, 0.3) is 0 Å². The molecule has 2 aliphatic heterocycles. The lowest BCUT2D eigenvalue weighted by Gasteiger charge is -2.35. The molecule has 0 spiro atoms. The Morgan fingerprint density at radius 2 is 1.78 bits per heavy atom. The van der Waals surface area contributed by atoms with Gasteiger partial charge >= 0.3 is 5.92 Å². The number of methoxy groups -OCH3 is 1. The number of aromatic nitrogens is 2. The lowest BCUT2D eigenvalue weighted by Crippen LogP contribution is -2.55. The van der Waals surface area contributed by atoms with Gasteiger partial charge in [0.25, 0.3) is 11.8 Å². The largest absolute Gasteiger partial charge is 0.495 e. The first-order valence-electron chi connectivity index (χ1n) is 14.3. The normalized spacial score (nSPS) is 16.7. The predicted octanol–water partition coefficient (Wildman–Crippen LogP) is 2.33. The third-order valence-corrected chi connectivity index (χ3v) is 7.46. The van der Waals surface area contributed by atoms with E-state index in [0.29, 0.717) is 55.4 Å². The molecule has 0 atom stereocenters. The highest BCUT2D eigenvalue weighted by atomic mass is 19.3. The van der Waals surface area contributed by atoms with Crippen LogP contribution in [0.3, 0.4) is 0 Å². The summed E-state index contributed by atoms with van der Waals surface area (Å²) in [6.45, 7) is 1.42. The number of hydrogen-bond donors (Lipinski definition) is 2. The molecule has 3 aromatic rings. The second-order valence-electron chi connectivity index (χ2n) is 11.0. The van der Waals surface area contributed by atoms with Crippen molar-refractivity contribution in [2.75, 3.05) is 82.6 Å². The van der Waals surface area contributed by atoms with Gasteiger partial charge in [0.1, 0.15) is 11.4 Å². The number of benzene rings is 2. The number of halogens is 2. The fraction of sp³-hybridized carbons (Fsp3) is 0.367. The van der Waals surface area contributed by atoms with Crippen molar-refractivity contribution >= 4 is 46.5 Å². The van der Waals surface area contributed by atoms with Crippen LogP contribution in [0.1, 0.15) is 10.4 Å². The number of nitrogens with zero attached hydrogens (tertiary/aromatic N) is 7. The lowest BCUT2D eigenvalue weighted by molar-refractivity contribution is -0.140. The van der Waals surface area contributed by atoms with Crippen molar-refractivity contribution in [3.05, 3.63) is 60.3 Å². The topological polar surface area (TPSA) is 126 Å². The third-order valence-electron chi connectivity index (χ3n) is 7.46. The zero-order chi connectivity index (χ0) is 32.3. The summed E-state index contributed by atoms with van der Waals surface area (Å²) in [7, 11) is 6.40. The number of likely N-dealkylation sites (N-methyl/N-ethyl adjacent to an activating group) is 1. The molecule has 2 N–H and O–H groups in total. The Morgan fingerprint density at radius 1 is 1.07 bits per heavy atom. The summed E-state index contributed by atoms with van der Waals surface area (Å²) in [6, 6.07) is 13.3. The summed E-state index contributed by atoms with van der Waals surface area (Å²) < 4.78 is 35.4. The van der Waals surface area contributed by atoms with Gasteiger partial charge in [-0.3, -0.25) is 19.8 Å². The Kier molecular flexibility index (Phi) is 9.11. The van der Waals surface area contributed by atoms with Crippen molar-refractivity contribution in [3.8, 4) is 5.75 Å². The molecule has 0 unspecified atom stereocenters. The molecule has 2 aliphatic rings. The summed E-state index contributed by atoms with van der Waals surface area (Å²) in [4.78, 5) is 52.5. The van der Waals surface area contributed by atoms with Crippen LogP contribution in [0.4, 0.5) is 37.6 Å². The van der Waals surface area contributed by atoms with Crippen molar-refractivity contribution in [3.63, 3.8) is 0 Å². The van der Waals surface area contributed by atoms with Crippen molar-refractivity contribution in [1.29, 1.82) is 0 Å². The van der Waals surface area contributed by atoms with Crippen molar-refractivity contribution in [2.45, 2.75) is 5.92 Å². The number of ether oxygens (including phenoxy) is 1. The van der Waals surface area contributed by atoms with Gasteiger partial charge in [-0.05, 0) is 44.4 Å². The monoisotopic (exact) mass is 623 g/mol. The maximum atomic E-state index is 14.9. The Bertz CT molecular complexity index is 1570. The van der Waals surface area contributed by atoms with Gasteiger partial charge in [-0.2, -0.15) is 13.8 Å². The minimum atomic E-state index is -3.67. The summed E-state index contributed by atoms with van der Waals surface area (Å²) >= 11 is 0. The molecule has 0 aliphatic carbocycles. The molecule has 1 fully saturated rings. The smallest absolute Gasteiger partial charge is 0.342 e. The number of piperazine rings is 1. The highest BCUT2D eigenvalue weighted by molar-refractivity contribution is 6.02. The quantitative estimate of drug-likeness (QED) is 0.386. The van der Waals surface area contributed by atoms with E-state index in [2.05, 4.69) is 20.7 Å². The van der Waals surface area contributed by atoms with Gasteiger partial charge in [0.2, 0.25) is 11.9 Å². The first-order chi connectivity index (χ1) is 21.5. The molecule has 2 aromatic carbocycles. The van der Waals surface area contributed by atoms with Crippen LogP contribution in [-0.2, 0) is 9.59 Å². The maximum Gasteiger partial charge on any atom is 0.342 e. The Balaban J connectivity index is 1.32. The standard InChI is InChI=1S/C30H35F2N9O4/c1-37(2)18-25(42)39-12-14-40(15-13-39)36-27(43)20-10-11-22(24(16-20)45-4)34-29-33-17-23-26(35-29)41(21-8-6-5-7-9-21)19-30(31,32)28(44)38(23)3/h5-11,16-17H,12-15,18-19H2,1-4H3,(H,36,43)(H,33,34,35). The van der Waals surface area contributed by atoms with Crippen LogP contribution in [0.15, 0.2) is 54.7 Å². The summed E-state index contributed by atoms with van der Waals surface area (Å²) in [5, 5.41) is 4.81. The van der Waals surface area contributed by atoms with Gasteiger partial charge in [-0.15, -0.1) is 0 Å². The zero-order valence-electron chi connectivity index (χ0n) is 25.5. The van der Waals surface area contributed by atoms with Crippen molar-refractivity contribution < 1.29 is 27.9 Å². The number of fused-ring (bicyclic) bond motifs is 1. The molecule has 238 valence electrons. The van der Waals surface area contributed by atoms with Crippen LogP contribution >= 0.6 is 0 Å². The Morgan fingerprint density at radius 3 is 2.44 bits per heavy atom. The van der Waals surface area contributed by atoms with E-state index in [1.165, 1.54) is 25.3 Å². The molecule has 3 heterocycles. The molecule has 1 saturated heterocycles. The van der Waals surface area contributed by atoms with Gasteiger partial charge in [-0.1, -0.05) is 18.2 Å². The number of carbonyl (C=O) groups is 3. The van der Waals surface area contributed by atoms with Gasteiger partial charge < -0.3 is 29.7 Å². The number of hydrazine groups is 1. The molecule has 3 amide bonds. The number of carbonyl (C=O) groups excluding carboxylic acids is 3. The van der Waals surface area contributed by atoms with E-state index >= 15 is 0 Å². The fourth-order valence-electron chi connectivity index (χ4n) is 5.08. The molecule has 45 heavy (non-hydrogen) atoms. The molecule has 13 nitrogen and oxygen atoms in total. The number of nitrogens with one attached hydrogen (secondary N) is 2. The van der Waals surface area contributed by atoms with Crippen molar-refractivity contribution in [2.24, 2.45) is 0 Å². The SMILES string of the molecule is COc1cc(C(=O)NN2CCN(C(=O)CN(C)C)CC2)ccc1Nc1ncc2c(n1)N(c1ccccc1)CC(F)(F)C(=O)N2C. The van der Waals surface area contributed by atoms with Crippen molar-refractivity contribution in [1.82, 2.24) is 30.2 Å². The van der Waals surface area contributed by atoms with Crippen LogP contribution in [-0.4, -0.2) is 116 Å². The van der Waals surface area contributed by atoms with Crippen LogP contribution in [0.5, 0.6) is 5.75 Å². The number of alkyl halides is 2. The van der Waals surface area contributed by atoms with Crippen LogP contribution < -0.4 is 25.3 Å². The molecule has 0 bridgehead atoms. The number of para-hydroxylation sites is 1. The van der Waals surface area contributed by atoms with E-state index < -0.39 is 18.4 Å². The molecule has 15 heteroatoms. The summed E-state index contributed by atoms with van der Waals surface area (Å²) in [5.41, 5.74) is 4.19. The predicted molar refractivity (Wildman–Crippen MR) is 164 cm³/mol. The third kappa shape index (κ3) is 6.94. The van der Waals surface area contributed by atoms with E-state index in [9.17, 15) is 23.2 Å². The molecular weight excluding hydrogens is 588 g/mol. The zero-order valence-corrected chi connectivity index (χ0v) is 25.5. The number of amides is 3. The average molecular weight is 624 g/mol. The second kappa shape index (κ2) is 13.0. The Hall–Kier alpha value is -4.89. The van der Waals surface area contributed by atoms with Crippen LogP contribution in [0, 0.1) is 0 Å². The minimum Gasteiger partial charge on any atom is -0.495 e. The fourth-order valence-corrected chi connectivity index (χ4v) is 5.08. The maximum absolute atomic E-state index is 14.9. The first-order valence-corrected chi connectivity index (χ1v) is 14.3. The first kappa shape index (κ1) is 31.5. The molecular formula is C30H35F2N9O4. The van der Waals surface area contributed by atoms with Gasteiger partial charge in [0.15, 0.2) is 5.82 Å². The van der Waals surface area contributed by atoms with E-state index in [1.54, 1.807) is 58.4 Å². The average Bonchev–Trinajstić information content (AvgIpc) is 3.10. The van der Waals surface area contributed by atoms with Gasteiger partial charge in [-0.25, -0.2) is 9.99 Å². The minimum absolute atomic E-state index is 0.0449. The van der Waals surface area contributed by atoms with Gasteiger partial charge in [0.05, 0.1) is 32.1 Å². The molecule has 0 saturated carbocycles. The molecule has 1 aromatic heterocycles. The highest BCUT2D eigenvalue weighted by Gasteiger charge is 2.47. The van der Waals surface area contributed by atoms with E-state index in [-0.39, 0.29) is 29.3 Å². The number of rotatable bonds is 8. The molecule has 5 rings (SSSR count). The lowest BCUT2D eigenvalue weighted by atomic mass is 10.1. The van der Waals surface area contributed by atoms with E-state index in [4.69, 9.17) is 4.74 Å². The summed E-state index contributed by atoms with van der Waals surface area (Å²) in [5.74, 6) is -4.83. The van der Waals surface area contributed by atoms with E-state index in [0.717, 1.165) is 4.90 Å². The van der Waals surface area contributed by atoms with Gasteiger partial charge in [0, 0.05) is 44.5 Å². The highest BCUT2D eigenvalue weighted by Crippen LogP contribution is 2.40. The van der Waals surface area contributed by atoms with E-state index in [1.807, 2.05) is 19.0 Å².